The molecule has 1 aromatic carbocycles. The monoisotopic (exact) mass is 389 g/mol. The van der Waals surface area contributed by atoms with Gasteiger partial charge in [-0.1, -0.05) is 6.58 Å². The van der Waals surface area contributed by atoms with E-state index in [1.807, 2.05) is 6.92 Å². The Hall–Kier alpha value is -2.79. The quantitative estimate of drug-likeness (QED) is 0.332. The van der Waals surface area contributed by atoms with Crippen LogP contribution in [0.3, 0.4) is 0 Å². The molecule has 3 rings (SSSR count). The van der Waals surface area contributed by atoms with E-state index in [4.69, 9.17) is 5.11 Å². The van der Waals surface area contributed by atoms with Crippen molar-refractivity contribution in [1.29, 1.82) is 0 Å². The largest absolute Gasteiger partial charge is 0.394 e. The number of nitrogens with zero attached hydrogens (tertiary/aromatic N) is 3. The molecular formula is C18H23N5O5. The third kappa shape index (κ3) is 3.50. The summed E-state index contributed by atoms with van der Waals surface area (Å²) in [7, 11) is 1.76. The van der Waals surface area contributed by atoms with Gasteiger partial charge in [0.15, 0.2) is 11.2 Å². The minimum atomic E-state index is -1.59. The lowest BCUT2D eigenvalue weighted by atomic mass is 10.1. The van der Waals surface area contributed by atoms with E-state index in [2.05, 4.69) is 26.9 Å². The molecule has 6 N–H and O–H groups in total. The molecule has 3 atom stereocenters. The van der Waals surface area contributed by atoms with Crippen molar-refractivity contribution in [3.63, 3.8) is 0 Å². The standard InChI is InChI=1S/C18H23N5O5/c1-8-4-11-12(5-10(8)19-3)23(6-13(25)16(27)14(26)7-24)17-15(22-11)18(28)21-9(2)20-17/h4-5,13-14,16,19,24-27H,2,6-7H2,1,3H3,(H,21,28)/t13-,14+,16-/m0/s1. The Bertz CT molecular complexity index is 1050. The van der Waals surface area contributed by atoms with Crippen molar-refractivity contribution in [2.24, 2.45) is 4.99 Å². The van der Waals surface area contributed by atoms with E-state index in [1.165, 1.54) is 0 Å². The summed E-state index contributed by atoms with van der Waals surface area (Å²) in [5.41, 5.74) is 2.42. The van der Waals surface area contributed by atoms with E-state index >= 15 is 0 Å². The second kappa shape index (κ2) is 7.68. The lowest BCUT2D eigenvalue weighted by Gasteiger charge is -2.32. The van der Waals surface area contributed by atoms with Crippen LogP contribution in [0.1, 0.15) is 5.56 Å². The van der Waals surface area contributed by atoms with Gasteiger partial charge in [-0.25, -0.2) is 9.98 Å². The molecule has 28 heavy (non-hydrogen) atoms. The number of aliphatic hydroxyl groups excluding tert-OH is 4. The van der Waals surface area contributed by atoms with E-state index in [9.17, 15) is 20.1 Å². The molecule has 0 amide bonds. The number of fused-ring (bicyclic) bond motifs is 2. The number of aromatic amines is 1. The van der Waals surface area contributed by atoms with Crippen LogP contribution in [0.4, 0.5) is 22.9 Å². The van der Waals surface area contributed by atoms with E-state index < -0.39 is 30.5 Å². The van der Waals surface area contributed by atoms with E-state index in [0.717, 1.165) is 11.3 Å². The molecule has 0 aliphatic carbocycles. The highest BCUT2D eigenvalue weighted by Crippen LogP contribution is 2.38. The minimum absolute atomic E-state index is 0.0564. The fraction of sp³-hybridized carbons (Fsp3) is 0.389. The van der Waals surface area contributed by atoms with Crippen LogP contribution < -0.4 is 26.6 Å². The maximum Gasteiger partial charge on any atom is 0.279 e. The van der Waals surface area contributed by atoms with Gasteiger partial charge in [0.05, 0.1) is 24.5 Å². The third-order valence-electron chi connectivity index (χ3n) is 4.64. The van der Waals surface area contributed by atoms with Gasteiger partial charge in [0, 0.05) is 12.7 Å². The number of nitrogens with one attached hydrogen (secondary N) is 2. The van der Waals surface area contributed by atoms with Gasteiger partial charge in [-0.15, -0.1) is 0 Å². The molecule has 0 unspecified atom stereocenters. The van der Waals surface area contributed by atoms with E-state index in [1.54, 1.807) is 24.1 Å². The molecule has 2 aromatic rings. The predicted octanol–water partition coefficient (Wildman–Crippen LogP) is -1.99. The first-order chi connectivity index (χ1) is 13.3. The average Bonchev–Trinajstić information content (AvgIpc) is 2.66. The summed E-state index contributed by atoms with van der Waals surface area (Å²) in [4.78, 5) is 25.1. The van der Waals surface area contributed by atoms with Crippen molar-refractivity contribution in [2.75, 3.05) is 30.4 Å². The maximum atomic E-state index is 12.4. The summed E-state index contributed by atoms with van der Waals surface area (Å²) >= 11 is 0. The van der Waals surface area contributed by atoms with Crippen molar-refractivity contribution in [3.8, 4) is 0 Å². The topological polar surface area (TPSA) is 154 Å². The number of aryl methyl sites for hydroxylation is 1. The molecule has 0 saturated carbocycles. The number of rotatable bonds is 6. The molecule has 0 radical (unpaired) electrons. The number of aromatic nitrogens is 2. The van der Waals surface area contributed by atoms with Crippen LogP contribution in [0, 0.1) is 6.92 Å². The molecule has 1 aromatic heterocycles. The minimum Gasteiger partial charge on any atom is -0.394 e. The number of benzene rings is 1. The fourth-order valence-corrected chi connectivity index (χ4v) is 3.12. The van der Waals surface area contributed by atoms with Crippen molar-refractivity contribution < 1.29 is 20.4 Å². The van der Waals surface area contributed by atoms with Crippen LogP contribution in [-0.4, -0.2) is 68.9 Å². The molecule has 10 nitrogen and oxygen atoms in total. The van der Waals surface area contributed by atoms with Gasteiger partial charge in [-0.05, 0) is 24.6 Å². The summed E-state index contributed by atoms with van der Waals surface area (Å²) in [6.07, 6.45) is -4.54. The summed E-state index contributed by atoms with van der Waals surface area (Å²) in [6, 6.07) is 3.59. The van der Waals surface area contributed by atoms with Crippen LogP contribution in [0.25, 0.3) is 6.58 Å². The van der Waals surface area contributed by atoms with Crippen LogP contribution in [-0.2, 0) is 0 Å². The van der Waals surface area contributed by atoms with Crippen LogP contribution in [0.5, 0.6) is 0 Å². The summed E-state index contributed by atoms with van der Waals surface area (Å²) in [5.74, 6) is 0.178. The van der Waals surface area contributed by atoms with Crippen molar-refractivity contribution in [2.45, 2.75) is 25.2 Å². The molecule has 0 spiro atoms. The fourth-order valence-electron chi connectivity index (χ4n) is 3.12. The maximum absolute atomic E-state index is 12.4. The molecule has 150 valence electrons. The third-order valence-corrected chi connectivity index (χ3v) is 4.64. The molecule has 1 aliphatic rings. The molecule has 10 heteroatoms. The molecule has 1 aliphatic heterocycles. The van der Waals surface area contributed by atoms with Gasteiger partial charge in [-0.2, -0.15) is 0 Å². The van der Waals surface area contributed by atoms with Gasteiger partial charge in [-0.3, -0.25) is 4.79 Å². The highest BCUT2D eigenvalue weighted by Gasteiger charge is 2.30. The average molecular weight is 389 g/mol. The summed E-state index contributed by atoms with van der Waals surface area (Å²) in [6.45, 7) is 4.64. The Morgan fingerprint density at radius 3 is 2.64 bits per heavy atom. The number of aliphatic hydroxyl groups is 4. The Morgan fingerprint density at radius 1 is 1.29 bits per heavy atom. The van der Waals surface area contributed by atoms with Gasteiger partial charge >= 0.3 is 0 Å². The normalized spacial score (nSPS) is 15.9. The SMILES string of the molecule is C=c1nc2c(c(=O)[nH]1)=Nc1cc(C)c(NC)cc1N2C[C@H](O)[C@H](O)[C@H](O)CO. The summed E-state index contributed by atoms with van der Waals surface area (Å²) in [5, 5.41) is 42.2. The highest BCUT2D eigenvalue weighted by molar-refractivity contribution is 5.80. The smallest absolute Gasteiger partial charge is 0.279 e. The number of hydrogen-bond donors (Lipinski definition) is 6. The predicted molar refractivity (Wildman–Crippen MR) is 104 cm³/mol. The summed E-state index contributed by atoms with van der Waals surface area (Å²) < 4.78 is 0. The number of β-amino-alcohol motifs (C(OH)–C–C–N with tert-alkyl or cyclic N) is 1. The number of hydrogen-bond acceptors (Lipinski definition) is 9. The van der Waals surface area contributed by atoms with E-state index in [0.29, 0.717) is 11.4 Å². The zero-order valence-electron chi connectivity index (χ0n) is 15.5. The number of anilines is 3. The molecular weight excluding hydrogens is 366 g/mol. The molecule has 0 bridgehead atoms. The van der Waals surface area contributed by atoms with Gasteiger partial charge < -0.3 is 35.6 Å². The molecule has 2 heterocycles. The second-order valence-corrected chi connectivity index (χ2v) is 6.62. The van der Waals surface area contributed by atoms with Crippen LogP contribution in [0.15, 0.2) is 21.9 Å². The second-order valence-electron chi connectivity index (χ2n) is 6.62. The first-order valence-corrected chi connectivity index (χ1v) is 8.69. The Labute approximate surface area is 160 Å². The highest BCUT2D eigenvalue weighted by atomic mass is 16.4. The molecule has 0 saturated heterocycles. The van der Waals surface area contributed by atoms with Gasteiger partial charge in [0.2, 0.25) is 0 Å². The Kier molecular flexibility index (Phi) is 5.47. The number of H-pyrrole nitrogens is 1. The van der Waals surface area contributed by atoms with Gasteiger partial charge in [0.1, 0.15) is 23.8 Å². The van der Waals surface area contributed by atoms with Crippen molar-refractivity contribution >= 4 is 29.5 Å². The zero-order chi connectivity index (χ0) is 20.6. The lowest BCUT2D eigenvalue weighted by molar-refractivity contribution is -0.0726. The lowest BCUT2D eigenvalue weighted by Crippen LogP contribution is -2.48. The first-order valence-electron chi connectivity index (χ1n) is 8.69. The molecule has 0 fully saturated rings. The van der Waals surface area contributed by atoms with E-state index in [-0.39, 0.29) is 23.2 Å². The van der Waals surface area contributed by atoms with Crippen molar-refractivity contribution in [1.82, 2.24) is 9.97 Å². The van der Waals surface area contributed by atoms with Gasteiger partial charge in [0.25, 0.3) is 5.56 Å². The van der Waals surface area contributed by atoms with Crippen LogP contribution in [0.2, 0.25) is 0 Å². The Morgan fingerprint density at radius 2 is 2.00 bits per heavy atom. The zero-order valence-corrected chi connectivity index (χ0v) is 15.5. The first kappa shape index (κ1) is 20.0. The Balaban J connectivity index is 2.18. The van der Waals surface area contributed by atoms with Crippen LogP contribution >= 0.6 is 0 Å². The van der Waals surface area contributed by atoms with Crippen molar-refractivity contribution in [3.05, 3.63) is 38.9 Å².